The fourth-order valence-corrected chi connectivity index (χ4v) is 0.895. The van der Waals surface area contributed by atoms with Gasteiger partial charge in [0.25, 0.3) is 0 Å². The van der Waals surface area contributed by atoms with Crippen molar-refractivity contribution in [3.63, 3.8) is 0 Å². The van der Waals surface area contributed by atoms with Gasteiger partial charge in [0.05, 0.1) is 5.69 Å². The fourth-order valence-electron chi connectivity index (χ4n) is 0.895. The summed E-state index contributed by atoms with van der Waals surface area (Å²) in [5.74, 6) is 0.222. The van der Waals surface area contributed by atoms with Crippen molar-refractivity contribution in [3.05, 3.63) is 17.8 Å². The summed E-state index contributed by atoms with van der Waals surface area (Å²) >= 11 is 0. The van der Waals surface area contributed by atoms with E-state index in [0.717, 1.165) is 0 Å². The van der Waals surface area contributed by atoms with E-state index in [1.807, 2.05) is 0 Å². The topological polar surface area (TPSA) is 52.0 Å². The van der Waals surface area contributed by atoms with Gasteiger partial charge in [-0.3, -0.25) is 0 Å². The number of hydrogen-bond donors (Lipinski definition) is 1. The first-order valence-corrected chi connectivity index (χ1v) is 3.37. The molecule has 0 aliphatic heterocycles. The summed E-state index contributed by atoms with van der Waals surface area (Å²) in [6.07, 6.45) is 1.22. The standard InChI is InChI=1S/C7H11FN2O/c1-5-6(11-4-10-5)7(2,8)3-9/h4H,3,9H2,1-2H3. The maximum Gasteiger partial charge on any atom is 0.181 e. The Kier molecular flexibility index (Phi) is 1.95. The zero-order valence-corrected chi connectivity index (χ0v) is 6.60. The molecule has 1 aromatic heterocycles. The summed E-state index contributed by atoms with van der Waals surface area (Å²) in [6, 6.07) is 0. The third-order valence-corrected chi connectivity index (χ3v) is 1.60. The van der Waals surface area contributed by atoms with Gasteiger partial charge < -0.3 is 10.2 Å². The van der Waals surface area contributed by atoms with Crippen LogP contribution in [0.1, 0.15) is 18.4 Å². The highest BCUT2D eigenvalue weighted by atomic mass is 19.1. The predicted octanol–water partition coefficient (Wildman–Crippen LogP) is 1.13. The number of aromatic nitrogens is 1. The van der Waals surface area contributed by atoms with Crippen molar-refractivity contribution in [1.82, 2.24) is 4.98 Å². The van der Waals surface area contributed by atoms with E-state index in [-0.39, 0.29) is 12.3 Å². The zero-order chi connectivity index (χ0) is 8.48. The van der Waals surface area contributed by atoms with Crippen LogP contribution in [0.25, 0.3) is 0 Å². The van der Waals surface area contributed by atoms with Crippen LogP contribution in [0.4, 0.5) is 4.39 Å². The molecular formula is C7H11FN2O. The van der Waals surface area contributed by atoms with Crippen LogP contribution >= 0.6 is 0 Å². The fraction of sp³-hybridized carbons (Fsp3) is 0.571. The monoisotopic (exact) mass is 158 g/mol. The van der Waals surface area contributed by atoms with Gasteiger partial charge >= 0.3 is 0 Å². The molecule has 11 heavy (non-hydrogen) atoms. The minimum atomic E-state index is -1.60. The second-order valence-corrected chi connectivity index (χ2v) is 2.67. The molecule has 0 saturated heterocycles. The number of alkyl halides is 1. The van der Waals surface area contributed by atoms with Crippen LogP contribution < -0.4 is 5.73 Å². The summed E-state index contributed by atoms with van der Waals surface area (Å²) in [4.78, 5) is 3.77. The van der Waals surface area contributed by atoms with Crippen molar-refractivity contribution in [2.75, 3.05) is 6.54 Å². The smallest absolute Gasteiger partial charge is 0.181 e. The van der Waals surface area contributed by atoms with E-state index in [9.17, 15) is 4.39 Å². The van der Waals surface area contributed by atoms with Gasteiger partial charge in [-0.25, -0.2) is 9.37 Å². The minimum Gasteiger partial charge on any atom is -0.445 e. The highest BCUT2D eigenvalue weighted by Crippen LogP contribution is 2.25. The number of rotatable bonds is 2. The molecule has 1 heterocycles. The molecule has 0 fully saturated rings. The van der Waals surface area contributed by atoms with Crippen LogP contribution in [-0.4, -0.2) is 11.5 Å². The Labute approximate surface area is 64.4 Å². The van der Waals surface area contributed by atoms with Crippen LogP contribution in [0.5, 0.6) is 0 Å². The summed E-state index contributed by atoms with van der Waals surface area (Å²) in [7, 11) is 0. The average molecular weight is 158 g/mol. The van der Waals surface area contributed by atoms with Crippen molar-refractivity contribution >= 4 is 0 Å². The third-order valence-electron chi connectivity index (χ3n) is 1.60. The molecule has 0 aliphatic carbocycles. The number of aryl methyl sites for hydroxylation is 1. The Balaban J connectivity index is 3.00. The van der Waals surface area contributed by atoms with Crippen LogP contribution in [0.15, 0.2) is 10.8 Å². The number of oxazole rings is 1. The van der Waals surface area contributed by atoms with E-state index in [1.54, 1.807) is 6.92 Å². The van der Waals surface area contributed by atoms with Crippen molar-refractivity contribution < 1.29 is 8.81 Å². The lowest BCUT2D eigenvalue weighted by molar-refractivity contribution is 0.162. The normalized spacial score (nSPS) is 16.4. The SMILES string of the molecule is Cc1ncoc1C(C)(F)CN. The lowest BCUT2D eigenvalue weighted by Gasteiger charge is -2.14. The Morgan fingerprint density at radius 3 is 2.82 bits per heavy atom. The van der Waals surface area contributed by atoms with Gasteiger partial charge in [-0.2, -0.15) is 0 Å². The molecule has 0 spiro atoms. The first kappa shape index (κ1) is 8.20. The van der Waals surface area contributed by atoms with Crippen LogP contribution in [0.3, 0.4) is 0 Å². The van der Waals surface area contributed by atoms with Crippen LogP contribution in [-0.2, 0) is 5.67 Å². The molecule has 1 rings (SSSR count). The van der Waals surface area contributed by atoms with Crippen LogP contribution in [0, 0.1) is 6.92 Å². The maximum absolute atomic E-state index is 13.4. The van der Waals surface area contributed by atoms with Gasteiger partial charge in [0.2, 0.25) is 0 Å². The molecule has 0 saturated carbocycles. The molecule has 0 bridgehead atoms. The highest BCUT2D eigenvalue weighted by Gasteiger charge is 2.29. The first-order chi connectivity index (χ1) is 5.08. The van der Waals surface area contributed by atoms with E-state index < -0.39 is 5.67 Å². The molecule has 3 nitrogen and oxygen atoms in total. The van der Waals surface area contributed by atoms with E-state index in [0.29, 0.717) is 5.69 Å². The number of hydrogen-bond acceptors (Lipinski definition) is 3. The van der Waals surface area contributed by atoms with Crippen molar-refractivity contribution in [3.8, 4) is 0 Å². The molecule has 0 aromatic carbocycles. The lowest BCUT2D eigenvalue weighted by Crippen LogP contribution is -2.26. The van der Waals surface area contributed by atoms with Gasteiger partial charge in [0.1, 0.15) is 0 Å². The summed E-state index contributed by atoms with van der Waals surface area (Å²) in [5.41, 5.74) is 4.16. The second-order valence-electron chi connectivity index (χ2n) is 2.67. The number of nitrogens with two attached hydrogens (primary N) is 1. The maximum atomic E-state index is 13.4. The Morgan fingerprint density at radius 1 is 1.82 bits per heavy atom. The third kappa shape index (κ3) is 1.40. The van der Waals surface area contributed by atoms with Crippen molar-refractivity contribution in [2.45, 2.75) is 19.5 Å². The molecule has 2 N–H and O–H groups in total. The molecular weight excluding hydrogens is 147 g/mol. The van der Waals surface area contributed by atoms with E-state index in [4.69, 9.17) is 10.2 Å². The van der Waals surface area contributed by atoms with E-state index in [2.05, 4.69) is 4.98 Å². The van der Waals surface area contributed by atoms with Gasteiger partial charge in [0.15, 0.2) is 17.8 Å². The molecule has 1 unspecified atom stereocenters. The van der Waals surface area contributed by atoms with Gasteiger partial charge in [-0.1, -0.05) is 0 Å². The summed E-state index contributed by atoms with van der Waals surface area (Å²) in [6.45, 7) is 2.97. The molecule has 0 radical (unpaired) electrons. The molecule has 1 atom stereocenters. The quantitative estimate of drug-likeness (QED) is 0.701. The summed E-state index contributed by atoms with van der Waals surface area (Å²) < 4.78 is 18.2. The van der Waals surface area contributed by atoms with E-state index in [1.165, 1.54) is 13.3 Å². The minimum absolute atomic E-state index is 0.0942. The predicted molar refractivity (Wildman–Crippen MR) is 38.8 cm³/mol. The first-order valence-electron chi connectivity index (χ1n) is 3.37. The second kappa shape index (κ2) is 2.62. The van der Waals surface area contributed by atoms with Crippen molar-refractivity contribution in [1.29, 1.82) is 0 Å². The Bertz CT molecular complexity index is 244. The van der Waals surface area contributed by atoms with Gasteiger partial charge in [-0.05, 0) is 13.8 Å². The Hall–Kier alpha value is -0.900. The lowest BCUT2D eigenvalue weighted by atomic mass is 10.1. The van der Waals surface area contributed by atoms with Crippen molar-refractivity contribution in [2.24, 2.45) is 5.73 Å². The largest absolute Gasteiger partial charge is 0.445 e. The molecule has 4 heteroatoms. The molecule has 0 amide bonds. The Morgan fingerprint density at radius 2 is 2.45 bits per heavy atom. The molecule has 62 valence electrons. The summed E-state index contributed by atoms with van der Waals surface area (Å²) in [5, 5.41) is 0. The number of nitrogens with zero attached hydrogens (tertiary/aromatic N) is 1. The van der Waals surface area contributed by atoms with Gasteiger partial charge in [0, 0.05) is 6.54 Å². The average Bonchev–Trinajstić information content (AvgIpc) is 2.36. The molecule has 0 aliphatic rings. The number of halogens is 1. The van der Waals surface area contributed by atoms with E-state index >= 15 is 0 Å². The van der Waals surface area contributed by atoms with Gasteiger partial charge in [-0.15, -0.1) is 0 Å². The molecule has 1 aromatic rings. The van der Waals surface area contributed by atoms with Crippen LogP contribution in [0.2, 0.25) is 0 Å². The zero-order valence-electron chi connectivity index (χ0n) is 6.60. The highest BCUT2D eigenvalue weighted by molar-refractivity contribution is 5.13.